The van der Waals surface area contributed by atoms with E-state index in [2.05, 4.69) is 5.32 Å². The van der Waals surface area contributed by atoms with Crippen LogP contribution in [-0.2, 0) is 24.1 Å². The molecule has 0 bridgehead atoms. The van der Waals surface area contributed by atoms with E-state index in [1.807, 2.05) is 105 Å². The molecule has 194 valence electrons. The van der Waals surface area contributed by atoms with Crippen LogP contribution in [0.3, 0.4) is 0 Å². The number of nitrogens with one attached hydrogen (secondary N) is 1. The number of amides is 1. The molecule has 1 aliphatic heterocycles. The Kier molecular flexibility index (Phi) is 8.37. The van der Waals surface area contributed by atoms with Crippen LogP contribution in [0.2, 0.25) is 0 Å². The second-order valence-corrected chi connectivity index (χ2v) is 12.4. The van der Waals surface area contributed by atoms with E-state index < -0.39 is 15.7 Å². The van der Waals surface area contributed by atoms with Gasteiger partial charge in [-0.2, -0.15) is 0 Å². The van der Waals surface area contributed by atoms with Crippen LogP contribution >= 0.6 is 0 Å². The number of aliphatic hydroxyl groups is 1. The first-order valence-electron chi connectivity index (χ1n) is 12.6. The van der Waals surface area contributed by atoms with E-state index in [1.54, 1.807) is 0 Å². The lowest BCUT2D eigenvalue weighted by Gasteiger charge is -2.30. The summed E-state index contributed by atoms with van der Waals surface area (Å²) in [4.78, 5) is 18.1. The van der Waals surface area contributed by atoms with Crippen LogP contribution in [0.1, 0.15) is 72.9 Å². The molecule has 0 spiro atoms. The second kappa shape index (κ2) is 11.5. The van der Waals surface area contributed by atoms with Crippen LogP contribution in [0.5, 0.6) is 0 Å². The standard InChI is InChI=1S/C30H35N3O3S/c1-5-10-21-13-9-14-23(17-21)28-27-24(20-33(26(27)15-16-34)37(36)30(2,3)4)18-25(32-28)29(35)31-19-22-11-7-6-8-12-22/h5-14,17-18,26,34H,15-16,19-20H2,1-4H3,(H,31,35)/t26-,37-/m1/s1. The molecule has 2 atom stereocenters. The molecule has 0 fully saturated rings. The molecule has 1 amide bonds. The molecule has 6 nitrogen and oxygen atoms in total. The number of allylic oxidation sites excluding steroid dienone is 1. The lowest BCUT2D eigenvalue weighted by molar-refractivity contribution is 0.0946. The van der Waals surface area contributed by atoms with Crippen molar-refractivity contribution in [2.24, 2.45) is 0 Å². The van der Waals surface area contributed by atoms with E-state index in [1.165, 1.54) is 0 Å². The van der Waals surface area contributed by atoms with Crippen LogP contribution in [0.25, 0.3) is 17.3 Å². The van der Waals surface area contributed by atoms with Crippen molar-refractivity contribution in [1.82, 2.24) is 14.6 Å². The van der Waals surface area contributed by atoms with E-state index in [0.717, 1.165) is 27.8 Å². The van der Waals surface area contributed by atoms with Gasteiger partial charge >= 0.3 is 0 Å². The maximum Gasteiger partial charge on any atom is 0.270 e. The summed E-state index contributed by atoms with van der Waals surface area (Å²) in [5.74, 6) is -0.258. The maximum absolute atomic E-state index is 13.5. The van der Waals surface area contributed by atoms with Crippen molar-refractivity contribution in [3.8, 4) is 11.3 Å². The SMILES string of the molecule is CC=Cc1cccc(-c2nc(C(=O)NCc3ccccc3)cc3c2[C@@H](CCO)N([S@](=O)C(C)(C)C)C3)c1. The number of hydrogen-bond acceptors (Lipinski definition) is 4. The zero-order valence-electron chi connectivity index (χ0n) is 21.9. The molecule has 0 unspecified atom stereocenters. The number of nitrogens with zero attached hydrogens (tertiary/aromatic N) is 2. The van der Waals surface area contributed by atoms with Crippen LogP contribution in [0.15, 0.2) is 66.7 Å². The molecular weight excluding hydrogens is 482 g/mol. The Labute approximate surface area is 222 Å². The molecule has 0 radical (unpaired) electrons. The fraction of sp³-hybridized carbons (Fsp3) is 0.333. The lowest BCUT2D eigenvalue weighted by Crippen LogP contribution is -2.36. The minimum Gasteiger partial charge on any atom is -0.396 e. The third kappa shape index (κ3) is 6.06. The number of carbonyl (C=O) groups excluding carboxylic acids is 1. The molecule has 2 N–H and O–H groups in total. The zero-order chi connectivity index (χ0) is 26.6. The Morgan fingerprint density at radius 2 is 1.92 bits per heavy atom. The maximum atomic E-state index is 13.5. The normalized spacial score (nSPS) is 16.6. The van der Waals surface area contributed by atoms with Crippen molar-refractivity contribution in [2.75, 3.05) is 6.61 Å². The van der Waals surface area contributed by atoms with Crippen molar-refractivity contribution in [3.05, 3.63) is 94.7 Å². The number of fused-ring (bicyclic) bond motifs is 1. The molecular formula is C30H35N3O3S. The number of aromatic nitrogens is 1. The third-order valence-electron chi connectivity index (χ3n) is 6.34. The van der Waals surface area contributed by atoms with Crippen LogP contribution < -0.4 is 5.32 Å². The summed E-state index contributed by atoms with van der Waals surface area (Å²) < 4.78 is 15.0. The Hall–Kier alpha value is -3.13. The van der Waals surface area contributed by atoms with Crippen molar-refractivity contribution >= 4 is 23.0 Å². The van der Waals surface area contributed by atoms with E-state index in [0.29, 0.717) is 30.9 Å². The quantitative estimate of drug-likeness (QED) is 0.418. The fourth-order valence-electron chi connectivity index (χ4n) is 4.66. The molecule has 7 heteroatoms. The summed E-state index contributed by atoms with van der Waals surface area (Å²) in [6.07, 6.45) is 4.43. The molecule has 1 aliphatic rings. The number of benzene rings is 2. The molecule has 0 aliphatic carbocycles. The fourth-order valence-corrected chi connectivity index (χ4v) is 6.06. The Bertz CT molecular complexity index is 1320. The zero-order valence-corrected chi connectivity index (χ0v) is 22.7. The molecule has 2 aromatic carbocycles. The molecule has 37 heavy (non-hydrogen) atoms. The predicted molar refractivity (Wildman–Crippen MR) is 150 cm³/mol. The van der Waals surface area contributed by atoms with Crippen molar-refractivity contribution < 1.29 is 14.1 Å². The minimum absolute atomic E-state index is 0.0423. The largest absolute Gasteiger partial charge is 0.396 e. The van der Waals surface area contributed by atoms with Crippen molar-refractivity contribution in [2.45, 2.75) is 58.0 Å². The van der Waals surface area contributed by atoms with Gasteiger partial charge < -0.3 is 10.4 Å². The van der Waals surface area contributed by atoms with E-state index in [-0.39, 0.29) is 18.6 Å². The molecule has 1 aromatic heterocycles. The highest BCUT2D eigenvalue weighted by atomic mass is 32.2. The van der Waals surface area contributed by atoms with Gasteiger partial charge in [0.25, 0.3) is 5.91 Å². The highest BCUT2D eigenvalue weighted by Crippen LogP contribution is 2.44. The van der Waals surface area contributed by atoms with Gasteiger partial charge in [0.2, 0.25) is 0 Å². The smallest absolute Gasteiger partial charge is 0.270 e. The Morgan fingerprint density at radius 1 is 1.16 bits per heavy atom. The van der Waals surface area contributed by atoms with Crippen LogP contribution in [-0.4, -0.2) is 35.9 Å². The number of pyridine rings is 1. The van der Waals surface area contributed by atoms with Gasteiger partial charge in [-0.05, 0) is 62.9 Å². The summed E-state index contributed by atoms with van der Waals surface area (Å²) >= 11 is 0. The summed E-state index contributed by atoms with van der Waals surface area (Å²) in [7, 11) is -1.31. The average molecular weight is 518 g/mol. The molecule has 3 aromatic rings. The lowest BCUT2D eigenvalue weighted by atomic mass is 9.95. The first kappa shape index (κ1) is 26.9. The Balaban J connectivity index is 1.80. The first-order chi connectivity index (χ1) is 17.7. The molecule has 4 rings (SSSR count). The number of aliphatic hydroxyl groups excluding tert-OH is 1. The number of carbonyl (C=O) groups is 1. The van der Waals surface area contributed by atoms with E-state index in [4.69, 9.17) is 4.98 Å². The monoisotopic (exact) mass is 517 g/mol. The highest BCUT2D eigenvalue weighted by Gasteiger charge is 2.40. The van der Waals surface area contributed by atoms with Gasteiger partial charge in [-0.3, -0.25) is 4.79 Å². The molecule has 0 saturated carbocycles. The first-order valence-corrected chi connectivity index (χ1v) is 13.7. The molecule has 0 saturated heterocycles. The predicted octanol–water partition coefficient (Wildman–Crippen LogP) is 5.41. The number of hydrogen-bond donors (Lipinski definition) is 2. The van der Waals surface area contributed by atoms with Gasteiger partial charge in [0.15, 0.2) is 0 Å². The highest BCUT2D eigenvalue weighted by molar-refractivity contribution is 7.84. The summed E-state index contributed by atoms with van der Waals surface area (Å²) in [6, 6.07) is 19.3. The van der Waals surface area contributed by atoms with Gasteiger partial charge in [0, 0.05) is 30.8 Å². The second-order valence-electron chi connectivity index (χ2n) is 10.2. The average Bonchev–Trinajstić information content (AvgIpc) is 3.25. The summed E-state index contributed by atoms with van der Waals surface area (Å²) in [6.45, 7) is 8.60. The minimum atomic E-state index is -1.31. The van der Waals surface area contributed by atoms with Gasteiger partial charge in [-0.15, -0.1) is 0 Å². The summed E-state index contributed by atoms with van der Waals surface area (Å²) in [5, 5.41) is 12.9. The van der Waals surface area contributed by atoms with Gasteiger partial charge in [0.1, 0.15) is 16.7 Å². The Morgan fingerprint density at radius 3 is 2.59 bits per heavy atom. The van der Waals surface area contributed by atoms with Crippen molar-refractivity contribution in [3.63, 3.8) is 0 Å². The third-order valence-corrected chi connectivity index (χ3v) is 8.20. The van der Waals surface area contributed by atoms with E-state index in [9.17, 15) is 14.1 Å². The van der Waals surface area contributed by atoms with Gasteiger partial charge in [-0.1, -0.05) is 60.7 Å². The van der Waals surface area contributed by atoms with Gasteiger partial charge in [0.05, 0.1) is 16.5 Å². The van der Waals surface area contributed by atoms with E-state index >= 15 is 0 Å². The van der Waals surface area contributed by atoms with Crippen molar-refractivity contribution in [1.29, 1.82) is 0 Å². The number of rotatable bonds is 8. The summed E-state index contributed by atoms with van der Waals surface area (Å²) in [5.41, 5.74) is 5.79. The van der Waals surface area contributed by atoms with Crippen LogP contribution in [0, 0.1) is 0 Å². The van der Waals surface area contributed by atoms with Crippen LogP contribution in [0.4, 0.5) is 0 Å². The van der Waals surface area contributed by atoms with Gasteiger partial charge in [-0.25, -0.2) is 13.5 Å². The molecule has 2 heterocycles. The topological polar surface area (TPSA) is 82.5 Å².